The van der Waals surface area contributed by atoms with Crippen LogP contribution in [0.4, 0.5) is 4.39 Å². The Kier molecular flexibility index (Phi) is 1.95. The molecule has 1 fully saturated rings. The van der Waals surface area contributed by atoms with E-state index in [1.165, 1.54) is 0 Å². The summed E-state index contributed by atoms with van der Waals surface area (Å²) in [6, 6.07) is 0. The minimum atomic E-state index is -0.316. The van der Waals surface area contributed by atoms with E-state index < -0.39 is 0 Å². The Morgan fingerprint density at radius 3 is 2.50 bits per heavy atom. The highest BCUT2D eigenvalue weighted by Gasteiger charge is 2.47. The Morgan fingerprint density at radius 1 is 1.50 bits per heavy atom. The SMILES string of the molecule is CC(C)(C)c1nc(C2(CF)CC2)co1. The van der Waals surface area contributed by atoms with Gasteiger partial charge in [0.1, 0.15) is 12.9 Å². The Labute approximate surface area is 83.5 Å². The van der Waals surface area contributed by atoms with Gasteiger partial charge in [0.2, 0.25) is 0 Å². The van der Waals surface area contributed by atoms with Crippen LogP contribution < -0.4 is 0 Å². The lowest BCUT2D eigenvalue weighted by atomic mass is 9.97. The predicted molar refractivity (Wildman–Crippen MR) is 52.1 cm³/mol. The van der Waals surface area contributed by atoms with Crippen molar-refractivity contribution in [2.75, 3.05) is 6.67 Å². The number of halogens is 1. The average Bonchev–Trinajstić information content (AvgIpc) is 2.73. The third-order valence-corrected chi connectivity index (χ3v) is 2.80. The maximum Gasteiger partial charge on any atom is 0.199 e. The second-order valence-corrected chi connectivity index (χ2v) is 5.20. The molecule has 0 saturated heterocycles. The first-order valence-corrected chi connectivity index (χ1v) is 5.00. The lowest BCUT2D eigenvalue weighted by molar-refractivity contribution is 0.392. The molecule has 1 aromatic heterocycles. The Bertz CT molecular complexity index is 333. The van der Waals surface area contributed by atoms with Gasteiger partial charge in [0, 0.05) is 10.8 Å². The summed E-state index contributed by atoms with van der Waals surface area (Å²) in [5.41, 5.74) is 0.405. The molecule has 0 atom stereocenters. The summed E-state index contributed by atoms with van der Waals surface area (Å²) in [5, 5.41) is 0. The molecule has 0 spiro atoms. The van der Waals surface area contributed by atoms with Gasteiger partial charge in [-0.2, -0.15) is 0 Å². The van der Waals surface area contributed by atoms with Crippen LogP contribution in [0, 0.1) is 0 Å². The van der Waals surface area contributed by atoms with Gasteiger partial charge in [0.25, 0.3) is 0 Å². The van der Waals surface area contributed by atoms with Crippen molar-refractivity contribution in [1.29, 1.82) is 0 Å². The first kappa shape index (κ1) is 9.69. The van der Waals surface area contributed by atoms with Crippen LogP contribution >= 0.6 is 0 Å². The molecule has 0 amide bonds. The van der Waals surface area contributed by atoms with Crippen LogP contribution in [0.1, 0.15) is 45.2 Å². The highest BCUT2D eigenvalue weighted by atomic mass is 19.1. The van der Waals surface area contributed by atoms with Crippen molar-refractivity contribution in [3.63, 3.8) is 0 Å². The molecular formula is C11H16FNO. The Hall–Kier alpha value is -0.860. The standard InChI is InChI=1S/C11H16FNO/c1-10(2,3)9-13-8(6-14-9)11(7-12)4-5-11/h6H,4-5,7H2,1-3H3. The molecule has 2 nitrogen and oxygen atoms in total. The fraction of sp³-hybridized carbons (Fsp3) is 0.727. The number of oxazole rings is 1. The first-order chi connectivity index (χ1) is 6.48. The van der Waals surface area contributed by atoms with E-state index in [0.717, 1.165) is 18.5 Å². The molecule has 0 unspecified atom stereocenters. The van der Waals surface area contributed by atoms with E-state index in [4.69, 9.17) is 4.42 Å². The quantitative estimate of drug-likeness (QED) is 0.728. The van der Waals surface area contributed by atoms with Crippen molar-refractivity contribution in [3.8, 4) is 0 Å². The molecule has 0 bridgehead atoms. The largest absolute Gasteiger partial charge is 0.448 e. The zero-order valence-corrected chi connectivity index (χ0v) is 8.93. The van der Waals surface area contributed by atoms with Crippen LogP contribution in [0.2, 0.25) is 0 Å². The molecule has 1 heterocycles. The van der Waals surface area contributed by atoms with Gasteiger partial charge in [-0.1, -0.05) is 20.8 Å². The molecule has 78 valence electrons. The molecule has 1 saturated carbocycles. The summed E-state index contributed by atoms with van der Waals surface area (Å²) >= 11 is 0. The van der Waals surface area contributed by atoms with Crippen LogP contribution in [0.3, 0.4) is 0 Å². The van der Waals surface area contributed by atoms with Crippen molar-refractivity contribution in [2.45, 2.75) is 44.4 Å². The molecule has 1 aromatic rings. The molecule has 14 heavy (non-hydrogen) atoms. The van der Waals surface area contributed by atoms with E-state index in [-0.39, 0.29) is 17.5 Å². The number of hydrogen-bond donors (Lipinski definition) is 0. The minimum Gasteiger partial charge on any atom is -0.448 e. The van der Waals surface area contributed by atoms with Crippen molar-refractivity contribution < 1.29 is 8.81 Å². The second-order valence-electron chi connectivity index (χ2n) is 5.20. The minimum absolute atomic E-state index is 0.0926. The van der Waals surface area contributed by atoms with Crippen molar-refractivity contribution in [2.24, 2.45) is 0 Å². The molecule has 0 N–H and O–H groups in total. The molecule has 0 radical (unpaired) electrons. The van der Waals surface area contributed by atoms with Gasteiger partial charge in [0.05, 0.1) is 5.69 Å². The normalized spacial score (nSPS) is 19.7. The molecule has 2 rings (SSSR count). The summed E-state index contributed by atoms with van der Waals surface area (Å²) in [5.74, 6) is 0.701. The fourth-order valence-corrected chi connectivity index (χ4v) is 1.47. The van der Waals surface area contributed by atoms with Gasteiger partial charge in [-0.15, -0.1) is 0 Å². The number of aromatic nitrogens is 1. The van der Waals surface area contributed by atoms with E-state index in [0.29, 0.717) is 5.89 Å². The zero-order valence-electron chi connectivity index (χ0n) is 8.93. The lowest BCUT2D eigenvalue weighted by Gasteiger charge is -2.12. The van der Waals surface area contributed by atoms with Crippen molar-refractivity contribution >= 4 is 0 Å². The summed E-state index contributed by atoms with van der Waals surface area (Å²) in [7, 11) is 0. The summed E-state index contributed by atoms with van der Waals surface area (Å²) < 4.78 is 18.1. The van der Waals surface area contributed by atoms with Crippen molar-refractivity contribution in [1.82, 2.24) is 4.98 Å². The zero-order chi connectivity index (χ0) is 10.4. The van der Waals surface area contributed by atoms with E-state index >= 15 is 0 Å². The van der Waals surface area contributed by atoms with Crippen LogP contribution in [-0.4, -0.2) is 11.7 Å². The Balaban J connectivity index is 2.27. The summed E-state index contributed by atoms with van der Waals surface area (Å²) in [6.45, 7) is 5.80. The van der Waals surface area contributed by atoms with Crippen LogP contribution in [0.15, 0.2) is 10.7 Å². The highest BCUT2D eigenvalue weighted by Crippen LogP contribution is 2.48. The number of alkyl halides is 1. The lowest BCUT2D eigenvalue weighted by Crippen LogP contribution is -2.14. The van der Waals surface area contributed by atoms with Crippen LogP contribution in [-0.2, 0) is 10.8 Å². The highest BCUT2D eigenvalue weighted by molar-refractivity contribution is 5.23. The molecule has 0 aliphatic heterocycles. The van der Waals surface area contributed by atoms with Gasteiger partial charge in [-0.3, -0.25) is 4.39 Å². The van der Waals surface area contributed by atoms with E-state index in [1.807, 2.05) is 20.8 Å². The second kappa shape index (κ2) is 2.81. The number of rotatable bonds is 2. The van der Waals surface area contributed by atoms with Crippen LogP contribution in [0.25, 0.3) is 0 Å². The van der Waals surface area contributed by atoms with E-state index in [1.54, 1.807) is 6.26 Å². The monoisotopic (exact) mass is 197 g/mol. The molecule has 1 aliphatic rings. The molecule has 1 aliphatic carbocycles. The van der Waals surface area contributed by atoms with Gasteiger partial charge in [-0.05, 0) is 12.8 Å². The summed E-state index contributed by atoms with van der Waals surface area (Å²) in [6.07, 6.45) is 3.42. The van der Waals surface area contributed by atoms with E-state index in [2.05, 4.69) is 4.98 Å². The first-order valence-electron chi connectivity index (χ1n) is 5.00. The topological polar surface area (TPSA) is 26.0 Å². The maximum absolute atomic E-state index is 12.7. The average molecular weight is 197 g/mol. The number of nitrogens with zero attached hydrogens (tertiary/aromatic N) is 1. The van der Waals surface area contributed by atoms with Crippen LogP contribution in [0.5, 0.6) is 0 Å². The number of hydrogen-bond acceptors (Lipinski definition) is 2. The smallest absolute Gasteiger partial charge is 0.199 e. The van der Waals surface area contributed by atoms with Gasteiger partial charge in [0.15, 0.2) is 5.89 Å². The molecule has 0 aromatic carbocycles. The maximum atomic E-state index is 12.7. The van der Waals surface area contributed by atoms with Gasteiger partial charge >= 0.3 is 0 Å². The third-order valence-electron chi connectivity index (χ3n) is 2.80. The molecular weight excluding hydrogens is 181 g/mol. The van der Waals surface area contributed by atoms with Crippen molar-refractivity contribution in [3.05, 3.63) is 17.8 Å². The Morgan fingerprint density at radius 2 is 2.14 bits per heavy atom. The fourth-order valence-electron chi connectivity index (χ4n) is 1.47. The summed E-state index contributed by atoms with van der Waals surface area (Å²) in [4.78, 5) is 4.38. The third kappa shape index (κ3) is 1.45. The molecule has 3 heteroatoms. The van der Waals surface area contributed by atoms with E-state index in [9.17, 15) is 4.39 Å². The van der Waals surface area contributed by atoms with Gasteiger partial charge < -0.3 is 4.42 Å². The predicted octanol–water partition coefficient (Wildman–Crippen LogP) is 2.97. The van der Waals surface area contributed by atoms with Gasteiger partial charge in [-0.25, -0.2) is 4.98 Å².